The smallest absolute Gasteiger partial charge is 0.242 e. The van der Waals surface area contributed by atoms with Gasteiger partial charge in [-0.2, -0.15) is 5.26 Å². The Labute approximate surface area is 107 Å². The molecular formula is C12H15N3O2S. The third kappa shape index (κ3) is 2.88. The van der Waals surface area contributed by atoms with E-state index in [2.05, 4.69) is 10.0 Å². The second kappa shape index (κ2) is 5.48. The third-order valence-corrected chi connectivity index (χ3v) is 4.54. The van der Waals surface area contributed by atoms with E-state index < -0.39 is 10.0 Å². The molecule has 5 nitrogen and oxygen atoms in total. The molecule has 0 aromatic heterocycles. The van der Waals surface area contributed by atoms with Crippen molar-refractivity contribution in [2.75, 3.05) is 13.1 Å². The minimum Gasteiger partial charge on any atom is -0.317 e. The molecular weight excluding hydrogens is 250 g/mol. The Morgan fingerprint density at radius 1 is 1.28 bits per heavy atom. The van der Waals surface area contributed by atoms with Crippen molar-refractivity contribution in [1.82, 2.24) is 10.0 Å². The summed E-state index contributed by atoms with van der Waals surface area (Å²) in [7, 11) is -3.60. The Bertz CT molecular complexity index is 557. The summed E-state index contributed by atoms with van der Waals surface area (Å²) >= 11 is 0. The topological polar surface area (TPSA) is 82.0 Å². The van der Waals surface area contributed by atoms with Gasteiger partial charge in [0.05, 0.1) is 10.5 Å². The molecule has 18 heavy (non-hydrogen) atoms. The Morgan fingerprint density at radius 2 is 1.94 bits per heavy atom. The van der Waals surface area contributed by atoms with E-state index in [9.17, 15) is 8.42 Å². The largest absolute Gasteiger partial charge is 0.317 e. The van der Waals surface area contributed by atoms with E-state index in [1.165, 1.54) is 12.1 Å². The van der Waals surface area contributed by atoms with E-state index in [1.54, 1.807) is 12.1 Å². The van der Waals surface area contributed by atoms with Gasteiger partial charge in [0.25, 0.3) is 0 Å². The highest BCUT2D eigenvalue weighted by Crippen LogP contribution is 2.16. The van der Waals surface area contributed by atoms with E-state index >= 15 is 0 Å². The van der Waals surface area contributed by atoms with Crippen molar-refractivity contribution in [1.29, 1.82) is 5.26 Å². The SMILES string of the molecule is N#Cc1ccccc1S(=O)(=O)NC1CCNCC1. The van der Waals surface area contributed by atoms with Gasteiger partial charge in [-0.1, -0.05) is 12.1 Å². The summed E-state index contributed by atoms with van der Waals surface area (Å²) in [6.07, 6.45) is 1.54. The number of nitrogens with zero attached hydrogens (tertiary/aromatic N) is 1. The lowest BCUT2D eigenvalue weighted by Crippen LogP contribution is -2.42. The molecule has 0 radical (unpaired) electrons. The average molecular weight is 265 g/mol. The summed E-state index contributed by atoms with van der Waals surface area (Å²) in [6.45, 7) is 1.63. The van der Waals surface area contributed by atoms with Crippen LogP contribution in [0.3, 0.4) is 0 Å². The van der Waals surface area contributed by atoms with Crippen LogP contribution < -0.4 is 10.0 Å². The standard InChI is InChI=1S/C12H15N3O2S/c13-9-10-3-1-2-4-12(10)18(16,17)15-11-5-7-14-8-6-11/h1-4,11,14-15H,5-8H2. The number of piperidine rings is 1. The van der Waals surface area contributed by atoms with Crippen molar-refractivity contribution in [3.8, 4) is 6.07 Å². The molecule has 0 aliphatic carbocycles. The predicted octanol–water partition coefficient (Wildman–Crippen LogP) is 0.589. The number of hydrogen-bond acceptors (Lipinski definition) is 4. The maximum Gasteiger partial charge on any atom is 0.242 e. The Morgan fingerprint density at radius 3 is 2.61 bits per heavy atom. The summed E-state index contributed by atoms with van der Waals surface area (Å²) in [5.74, 6) is 0. The maximum absolute atomic E-state index is 12.2. The molecule has 2 rings (SSSR count). The van der Waals surface area contributed by atoms with Crippen LogP contribution in [-0.2, 0) is 10.0 Å². The summed E-state index contributed by atoms with van der Waals surface area (Å²) in [4.78, 5) is 0.0611. The van der Waals surface area contributed by atoms with Crippen LogP contribution in [0.4, 0.5) is 0 Å². The van der Waals surface area contributed by atoms with Gasteiger partial charge < -0.3 is 5.32 Å². The highest BCUT2D eigenvalue weighted by molar-refractivity contribution is 7.89. The van der Waals surface area contributed by atoms with E-state index in [0.717, 1.165) is 25.9 Å². The van der Waals surface area contributed by atoms with E-state index in [-0.39, 0.29) is 16.5 Å². The maximum atomic E-state index is 12.2. The number of sulfonamides is 1. The third-order valence-electron chi connectivity index (χ3n) is 2.96. The van der Waals surface area contributed by atoms with Crippen LogP contribution in [0, 0.1) is 11.3 Å². The van der Waals surface area contributed by atoms with Crippen molar-refractivity contribution < 1.29 is 8.42 Å². The van der Waals surface area contributed by atoms with Crippen LogP contribution >= 0.6 is 0 Å². The van der Waals surface area contributed by atoms with Gasteiger partial charge in [0.2, 0.25) is 10.0 Å². The molecule has 1 heterocycles. The molecule has 0 unspecified atom stereocenters. The molecule has 0 bridgehead atoms. The fourth-order valence-corrected chi connectivity index (χ4v) is 3.48. The molecule has 1 aliphatic heterocycles. The van der Waals surface area contributed by atoms with Crippen LogP contribution in [0.2, 0.25) is 0 Å². The average Bonchev–Trinajstić information content (AvgIpc) is 2.39. The van der Waals surface area contributed by atoms with Gasteiger partial charge in [0.1, 0.15) is 6.07 Å². The summed E-state index contributed by atoms with van der Waals surface area (Å²) < 4.78 is 27.1. The lowest BCUT2D eigenvalue weighted by Gasteiger charge is -2.23. The highest BCUT2D eigenvalue weighted by Gasteiger charge is 2.23. The Balaban J connectivity index is 2.22. The van der Waals surface area contributed by atoms with Crippen molar-refractivity contribution in [2.45, 2.75) is 23.8 Å². The molecule has 2 N–H and O–H groups in total. The minimum atomic E-state index is -3.60. The first-order valence-corrected chi connectivity index (χ1v) is 7.34. The number of benzene rings is 1. The minimum absolute atomic E-state index is 0.0528. The van der Waals surface area contributed by atoms with Gasteiger partial charge in [-0.15, -0.1) is 0 Å². The van der Waals surface area contributed by atoms with E-state index in [4.69, 9.17) is 5.26 Å². The first-order valence-electron chi connectivity index (χ1n) is 5.85. The fraction of sp³-hybridized carbons (Fsp3) is 0.417. The zero-order valence-electron chi connectivity index (χ0n) is 9.89. The van der Waals surface area contributed by atoms with Gasteiger partial charge in [-0.05, 0) is 38.1 Å². The molecule has 1 saturated heterocycles. The Kier molecular flexibility index (Phi) is 3.97. The van der Waals surface area contributed by atoms with Crippen LogP contribution in [0.25, 0.3) is 0 Å². The molecule has 6 heteroatoms. The van der Waals surface area contributed by atoms with Gasteiger partial charge in [0, 0.05) is 6.04 Å². The van der Waals surface area contributed by atoms with Crippen molar-refractivity contribution >= 4 is 10.0 Å². The Hall–Kier alpha value is -1.42. The van der Waals surface area contributed by atoms with Gasteiger partial charge >= 0.3 is 0 Å². The fourth-order valence-electron chi connectivity index (χ4n) is 2.02. The number of nitrogens with one attached hydrogen (secondary N) is 2. The van der Waals surface area contributed by atoms with Gasteiger partial charge in [0.15, 0.2) is 0 Å². The molecule has 0 amide bonds. The lowest BCUT2D eigenvalue weighted by molar-refractivity contribution is 0.427. The second-order valence-corrected chi connectivity index (χ2v) is 5.94. The molecule has 1 aromatic rings. The summed E-state index contributed by atoms with van der Waals surface area (Å²) in [5.41, 5.74) is 0.180. The summed E-state index contributed by atoms with van der Waals surface area (Å²) in [5, 5.41) is 12.1. The van der Waals surface area contributed by atoms with Crippen LogP contribution in [0.5, 0.6) is 0 Å². The monoisotopic (exact) mass is 265 g/mol. The molecule has 0 saturated carbocycles. The quantitative estimate of drug-likeness (QED) is 0.838. The predicted molar refractivity (Wildman–Crippen MR) is 67.4 cm³/mol. The van der Waals surface area contributed by atoms with E-state index in [0.29, 0.717) is 0 Å². The molecule has 1 aliphatic rings. The first kappa shape index (κ1) is 13.0. The van der Waals surface area contributed by atoms with Crippen LogP contribution in [-0.4, -0.2) is 27.5 Å². The zero-order chi connectivity index (χ0) is 13.0. The molecule has 1 fully saturated rings. The number of nitriles is 1. The zero-order valence-corrected chi connectivity index (χ0v) is 10.7. The van der Waals surface area contributed by atoms with Crippen LogP contribution in [0.1, 0.15) is 18.4 Å². The molecule has 0 spiro atoms. The van der Waals surface area contributed by atoms with E-state index in [1.807, 2.05) is 6.07 Å². The lowest BCUT2D eigenvalue weighted by atomic mass is 10.1. The molecule has 96 valence electrons. The van der Waals surface area contributed by atoms with Crippen molar-refractivity contribution in [2.24, 2.45) is 0 Å². The highest BCUT2D eigenvalue weighted by atomic mass is 32.2. The summed E-state index contributed by atoms with van der Waals surface area (Å²) in [6, 6.07) is 8.10. The van der Waals surface area contributed by atoms with Gasteiger partial charge in [-0.3, -0.25) is 0 Å². The molecule has 0 atom stereocenters. The van der Waals surface area contributed by atoms with Crippen molar-refractivity contribution in [3.05, 3.63) is 29.8 Å². The number of rotatable bonds is 3. The van der Waals surface area contributed by atoms with Crippen molar-refractivity contribution in [3.63, 3.8) is 0 Å². The van der Waals surface area contributed by atoms with Gasteiger partial charge in [-0.25, -0.2) is 13.1 Å². The number of hydrogen-bond donors (Lipinski definition) is 2. The molecule has 1 aromatic carbocycles. The first-order chi connectivity index (χ1) is 8.63. The normalized spacial score (nSPS) is 17.3. The second-order valence-electron chi connectivity index (χ2n) is 4.25. The van der Waals surface area contributed by atoms with Crippen LogP contribution in [0.15, 0.2) is 29.2 Å².